The second-order valence-electron chi connectivity index (χ2n) is 9.90. The molecule has 0 aliphatic carbocycles. The van der Waals surface area contributed by atoms with Crippen LogP contribution >= 0.6 is 0 Å². The second-order valence-corrected chi connectivity index (χ2v) is 9.90. The van der Waals surface area contributed by atoms with Crippen LogP contribution in [0.4, 0.5) is 10.5 Å². The van der Waals surface area contributed by atoms with Crippen LogP contribution in [0.15, 0.2) is 54.6 Å². The maximum atomic E-state index is 13.7. The highest BCUT2D eigenvalue weighted by molar-refractivity contribution is 6.07. The Labute approximate surface area is 198 Å². The van der Waals surface area contributed by atoms with Crippen molar-refractivity contribution in [1.29, 1.82) is 5.26 Å². The molecular formula is C26H28N4O4. The highest BCUT2D eigenvalue weighted by atomic mass is 16.5. The van der Waals surface area contributed by atoms with E-state index >= 15 is 0 Å². The summed E-state index contributed by atoms with van der Waals surface area (Å²) in [6.07, 6.45) is -0.517. The van der Waals surface area contributed by atoms with Crippen molar-refractivity contribution >= 4 is 23.6 Å². The van der Waals surface area contributed by atoms with E-state index in [-0.39, 0.29) is 25.5 Å². The van der Waals surface area contributed by atoms with Crippen LogP contribution in [0, 0.1) is 16.7 Å². The van der Waals surface area contributed by atoms with Gasteiger partial charge in [-0.1, -0.05) is 69.3 Å². The van der Waals surface area contributed by atoms with Gasteiger partial charge >= 0.3 is 6.09 Å². The molecule has 2 aliphatic rings. The van der Waals surface area contributed by atoms with Crippen LogP contribution in [0.5, 0.6) is 0 Å². The number of hydrogen-bond acceptors (Lipinski definition) is 5. The number of ether oxygens (including phenoxy) is 1. The van der Waals surface area contributed by atoms with Crippen molar-refractivity contribution in [3.8, 4) is 6.07 Å². The smallest absolute Gasteiger partial charge is 0.408 e. The fourth-order valence-corrected chi connectivity index (χ4v) is 4.68. The molecule has 2 N–H and O–H groups in total. The molecule has 1 spiro atoms. The first kappa shape index (κ1) is 23.3. The van der Waals surface area contributed by atoms with Gasteiger partial charge < -0.3 is 20.3 Å². The third-order valence-electron chi connectivity index (χ3n) is 6.50. The average Bonchev–Trinajstić information content (AvgIpc) is 3.34. The zero-order valence-electron chi connectivity index (χ0n) is 19.5. The van der Waals surface area contributed by atoms with E-state index in [4.69, 9.17) is 4.74 Å². The first-order chi connectivity index (χ1) is 16.2. The molecule has 0 bridgehead atoms. The summed E-state index contributed by atoms with van der Waals surface area (Å²) in [4.78, 5) is 40.7. The molecule has 3 amide bonds. The molecule has 1 saturated heterocycles. The number of amides is 3. The summed E-state index contributed by atoms with van der Waals surface area (Å²) in [7, 11) is 0. The van der Waals surface area contributed by atoms with E-state index in [0.717, 1.165) is 11.1 Å². The summed E-state index contributed by atoms with van der Waals surface area (Å²) < 4.78 is 5.33. The number of rotatable bonds is 4. The number of para-hydroxylation sites is 1. The van der Waals surface area contributed by atoms with Gasteiger partial charge in [0.15, 0.2) is 0 Å². The first-order valence-corrected chi connectivity index (χ1v) is 11.2. The van der Waals surface area contributed by atoms with Crippen molar-refractivity contribution in [2.75, 3.05) is 11.9 Å². The van der Waals surface area contributed by atoms with Crippen molar-refractivity contribution in [1.82, 2.24) is 10.2 Å². The fraction of sp³-hybridized carbons (Fsp3) is 0.385. The van der Waals surface area contributed by atoms with Gasteiger partial charge in [-0.3, -0.25) is 9.59 Å². The number of hydrogen-bond donors (Lipinski definition) is 2. The molecule has 176 valence electrons. The Morgan fingerprint density at radius 2 is 1.88 bits per heavy atom. The third kappa shape index (κ3) is 4.21. The van der Waals surface area contributed by atoms with E-state index in [1.54, 1.807) is 0 Å². The Kier molecular flexibility index (Phi) is 6.05. The van der Waals surface area contributed by atoms with E-state index in [1.807, 2.05) is 75.4 Å². The van der Waals surface area contributed by atoms with Gasteiger partial charge in [-0.15, -0.1) is 0 Å². The lowest BCUT2D eigenvalue weighted by Gasteiger charge is -2.34. The highest BCUT2D eigenvalue weighted by Crippen LogP contribution is 2.46. The predicted octanol–water partition coefficient (Wildman–Crippen LogP) is 3.34. The summed E-state index contributed by atoms with van der Waals surface area (Å²) in [5.41, 5.74) is 0.678. The number of benzene rings is 2. The lowest BCUT2D eigenvalue weighted by Crippen LogP contribution is -2.56. The molecule has 4 rings (SSSR count). The average molecular weight is 461 g/mol. The molecule has 8 heteroatoms. The molecule has 0 saturated carbocycles. The van der Waals surface area contributed by atoms with E-state index in [2.05, 4.69) is 16.7 Å². The number of carbonyl (C=O) groups excluding carboxylic acids is 3. The molecule has 2 aliphatic heterocycles. The van der Waals surface area contributed by atoms with Crippen molar-refractivity contribution in [2.45, 2.75) is 51.3 Å². The van der Waals surface area contributed by atoms with E-state index in [0.29, 0.717) is 5.69 Å². The van der Waals surface area contributed by atoms with Gasteiger partial charge in [-0.25, -0.2) is 4.79 Å². The Balaban J connectivity index is 1.54. The molecule has 0 aromatic heterocycles. The standard InChI is InChI=1S/C26H28N4O4/c1-25(2,3)21(29-24(33)34-15-17-9-5-4-6-10-17)22(31)30-16-26(13-18(30)14-27)19-11-7-8-12-20(19)28-23(26)32/h4-12,18,21H,13,15-16H2,1-3H3,(H,28,32)(H,29,33)/t18-,21+,26-/m0/s1. The van der Waals surface area contributed by atoms with Crippen molar-refractivity contribution < 1.29 is 19.1 Å². The summed E-state index contributed by atoms with van der Waals surface area (Å²) in [5, 5.41) is 15.4. The van der Waals surface area contributed by atoms with Crippen LogP contribution in [0.2, 0.25) is 0 Å². The zero-order valence-corrected chi connectivity index (χ0v) is 19.5. The molecule has 2 heterocycles. The summed E-state index contributed by atoms with van der Waals surface area (Å²) in [5.74, 6) is -0.628. The number of anilines is 1. The molecule has 2 aromatic rings. The Morgan fingerprint density at radius 3 is 2.56 bits per heavy atom. The number of fused-ring (bicyclic) bond motifs is 2. The van der Waals surface area contributed by atoms with Gasteiger partial charge in [-0.05, 0) is 22.6 Å². The summed E-state index contributed by atoms with van der Waals surface area (Å²) >= 11 is 0. The highest BCUT2D eigenvalue weighted by Gasteiger charge is 2.57. The second kappa shape index (κ2) is 8.82. The van der Waals surface area contributed by atoms with Gasteiger partial charge in [0.2, 0.25) is 11.8 Å². The maximum Gasteiger partial charge on any atom is 0.408 e. The molecule has 1 fully saturated rings. The summed E-state index contributed by atoms with van der Waals surface area (Å²) in [6, 6.07) is 17.0. The molecule has 34 heavy (non-hydrogen) atoms. The fourth-order valence-electron chi connectivity index (χ4n) is 4.68. The van der Waals surface area contributed by atoms with Gasteiger partial charge in [0.25, 0.3) is 0 Å². The van der Waals surface area contributed by atoms with Crippen LogP contribution in [-0.4, -0.2) is 41.4 Å². The SMILES string of the molecule is CC(C)(C)[C@H](NC(=O)OCc1ccccc1)C(=O)N1C[C@]2(C[C@H]1C#N)C(=O)Nc1ccccc12. The van der Waals surface area contributed by atoms with E-state index in [1.165, 1.54) is 4.90 Å². The molecular weight excluding hydrogens is 432 g/mol. The maximum absolute atomic E-state index is 13.7. The molecule has 2 aromatic carbocycles. The van der Waals surface area contributed by atoms with Crippen molar-refractivity contribution in [3.05, 3.63) is 65.7 Å². The normalized spacial score (nSPS) is 22.0. The van der Waals surface area contributed by atoms with E-state index < -0.39 is 34.9 Å². The summed E-state index contributed by atoms with van der Waals surface area (Å²) in [6.45, 7) is 5.64. The number of likely N-dealkylation sites (tertiary alicyclic amines) is 1. The quantitative estimate of drug-likeness (QED) is 0.727. The number of nitriles is 1. The van der Waals surface area contributed by atoms with Crippen LogP contribution in [-0.2, 0) is 26.3 Å². The van der Waals surface area contributed by atoms with Crippen LogP contribution in [0.3, 0.4) is 0 Å². The molecule has 8 nitrogen and oxygen atoms in total. The predicted molar refractivity (Wildman–Crippen MR) is 125 cm³/mol. The number of alkyl carbamates (subject to hydrolysis) is 1. The van der Waals surface area contributed by atoms with Gasteiger partial charge in [0.05, 0.1) is 11.5 Å². The molecule has 0 radical (unpaired) electrons. The largest absolute Gasteiger partial charge is 0.445 e. The third-order valence-corrected chi connectivity index (χ3v) is 6.50. The molecule has 3 atom stereocenters. The Hall–Kier alpha value is -3.86. The minimum absolute atomic E-state index is 0.0697. The minimum atomic E-state index is -0.983. The Morgan fingerprint density at radius 1 is 1.21 bits per heavy atom. The topological polar surface area (TPSA) is 112 Å². The number of nitrogens with zero attached hydrogens (tertiary/aromatic N) is 2. The van der Waals surface area contributed by atoms with Crippen molar-refractivity contribution in [3.63, 3.8) is 0 Å². The van der Waals surface area contributed by atoms with Crippen LogP contribution < -0.4 is 10.6 Å². The molecule has 0 unspecified atom stereocenters. The zero-order chi connectivity index (χ0) is 24.5. The van der Waals surface area contributed by atoms with Gasteiger partial charge in [0, 0.05) is 18.7 Å². The lowest BCUT2D eigenvalue weighted by atomic mass is 9.80. The first-order valence-electron chi connectivity index (χ1n) is 11.2. The van der Waals surface area contributed by atoms with Crippen LogP contribution in [0.25, 0.3) is 0 Å². The van der Waals surface area contributed by atoms with Crippen LogP contribution in [0.1, 0.15) is 38.3 Å². The Bertz CT molecular complexity index is 1150. The monoisotopic (exact) mass is 460 g/mol. The minimum Gasteiger partial charge on any atom is -0.445 e. The number of nitrogens with one attached hydrogen (secondary N) is 2. The van der Waals surface area contributed by atoms with Gasteiger partial charge in [0.1, 0.15) is 18.7 Å². The van der Waals surface area contributed by atoms with E-state index in [9.17, 15) is 19.6 Å². The lowest BCUT2D eigenvalue weighted by molar-refractivity contribution is -0.136. The van der Waals surface area contributed by atoms with Crippen molar-refractivity contribution in [2.24, 2.45) is 5.41 Å². The van der Waals surface area contributed by atoms with Gasteiger partial charge in [-0.2, -0.15) is 5.26 Å². The number of carbonyl (C=O) groups is 3.